The molecule has 1 aliphatic rings. The van der Waals surface area contributed by atoms with Crippen molar-refractivity contribution in [3.8, 4) is 0 Å². The first-order valence-corrected chi connectivity index (χ1v) is 7.45. The minimum absolute atomic E-state index is 0.132. The molecule has 1 heterocycles. The third-order valence-corrected chi connectivity index (χ3v) is 4.06. The monoisotopic (exact) mass is 278 g/mol. The van der Waals surface area contributed by atoms with Crippen LogP contribution in [0.2, 0.25) is 0 Å². The van der Waals surface area contributed by atoms with Crippen molar-refractivity contribution in [2.45, 2.75) is 53.2 Å². The fourth-order valence-corrected chi connectivity index (χ4v) is 2.71. The van der Waals surface area contributed by atoms with E-state index in [9.17, 15) is 0 Å². The molecule has 0 radical (unpaired) electrons. The van der Waals surface area contributed by atoms with Gasteiger partial charge in [-0.25, -0.2) is 9.97 Å². The summed E-state index contributed by atoms with van der Waals surface area (Å²) in [4.78, 5) is 8.84. The Labute approximate surface area is 121 Å². The van der Waals surface area contributed by atoms with Crippen LogP contribution in [0.5, 0.6) is 0 Å². The summed E-state index contributed by atoms with van der Waals surface area (Å²) in [5.74, 6) is 2.55. The van der Waals surface area contributed by atoms with Gasteiger partial charge in [0.1, 0.15) is 17.5 Å². The minimum atomic E-state index is 0.132. The van der Waals surface area contributed by atoms with Crippen LogP contribution in [0.15, 0.2) is 6.07 Å². The molecule has 0 spiro atoms. The topological polar surface area (TPSA) is 59.1 Å². The van der Waals surface area contributed by atoms with Gasteiger partial charge in [0.2, 0.25) is 0 Å². The van der Waals surface area contributed by atoms with Gasteiger partial charge in [-0.2, -0.15) is 0 Å². The molecule has 1 fully saturated rings. The number of aromatic nitrogens is 2. The maximum atomic E-state index is 5.76. The fourth-order valence-electron chi connectivity index (χ4n) is 2.71. The Kier molecular flexibility index (Phi) is 4.48. The van der Waals surface area contributed by atoms with Crippen LogP contribution in [0, 0.1) is 12.3 Å². The average Bonchev–Trinajstić information content (AvgIpc) is 2.37. The van der Waals surface area contributed by atoms with Gasteiger partial charge in [-0.05, 0) is 27.2 Å². The molecule has 5 heteroatoms. The molecule has 1 aromatic rings. The van der Waals surface area contributed by atoms with E-state index < -0.39 is 0 Å². The zero-order valence-corrected chi connectivity index (χ0v) is 13.2. The third-order valence-electron chi connectivity index (χ3n) is 4.06. The first-order valence-electron chi connectivity index (χ1n) is 7.45. The summed E-state index contributed by atoms with van der Waals surface area (Å²) >= 11 is 0. The second-order valence-corrected chi connectivity index (χ2v) is 5.91. The highest BCUT2D eigenvalue weighted by Gasteiger charge is 2.49. The van der Waals surface area contributed by atoms with Crippen molar-refractivity contribution in [1.29, 1.82) is 0 Å². The van der Waals surface area contributed by atoms with Gasteiger partial charge >= 0.3 is 0 Å². The molecule has 1 aromatic heterocycles. The van der Waals surface area contributed by atoms with E-state index in [1.54, 1.807) is 0 Å². The summed E-state index contributed by atoms with van der Waals surface area (Å²) in [5, 5.41) is 6.76. The summed E-state index contributed by atoms with van der Waals surface area (Å²) in [7, 11) is 0. The van der Waals surface area contributed by atoms with Gasteiger partial charge in [0.05, 0.1) is 6.10 Å². The largest absolute Gasteiger partial charge is 0.378 e. The number of nitrogens with zero attached hydrogens (tertiary/aromatic N) is 2. The van der Waals surface area contributed by atoms with E-state index in [0.717, 1.165) is 37.0 Å². The third kappa shape index (κ3) is 3.03. The highest BCUT2D eigenvalue weighted by molar-refractivity contribution is 5.48. The van der Waals surface area contributed by atoms with Crippen LogP contribution < -0.4 is 10.6 Å². The predicted octanol–water partition coefficient (Wildman–Crippen LogP) is 2.83. The normalized spacial score (nSPS) is 24.1. The highest BCUT2D eigenvalue weighted by Crippen LogP contribution is 2.44. The second kappa shape index (κ2) is 5.95. The zero-order chi connectivity index (χ0) is 14.8. The van der Waals surface area contributed by atoms with Gasteiger partial charge < -0.3 is 15.4 Å². The molecule has 0 aromatic carbocycles. The van der Waals surface area contributed by atoms with E-state index in [2.05, 4.69) is 41.4 Å². The van der Waals surface area contributed by atoms with E-state index in [1.807, 2.05) is 19.9 Å². The molecule has 5 nitrogen and oxygen atoms in total. The molecule has 0 amide bonds. The lowest BCUT2D eigenvalue weighted by atomic mass is 9.64. The molecule has 2 N–H and O–H groups in total. The van der Waals surface area contributed by atoms with Gasteiger partial charge in [-0.3, -0.25) is 0 Å². The Bertz CT molecular complexity index is 461. The Balaban J connectivity index is 2.04. The first kappa shape index (κ1) is 15.0. The molecule has 0 saturated heterocycles. The lowest BCUT2D eigenvalue weighted by molar-refractivity contribution is -0.0976. The van der Waals surface area contributed by atoms with Crippen LogP contribution in [-0.2, 0) is 4.74 Å². The molecule has 0 aliphatic heterocycles. The van der Waals surface area contributed by atoms with Crippen molar-refractivity contribution < 1.29 is 4.74 Å². The summed E-state index contributed by atoms with van der Waals surface area (Å²) in [5.41, 5.74) is 0.132. The molecule has 2 unspecified atom stereocenters. The quantitative estimate of drug-likeness (QED) is 0.838. The standard InChI is InChI=1S/C15H26N4O/c1-6-16-13-9-14(18-10(3)17-13)19-11-8-12(20-7-2)15(11,4)5/h9,11-12H,6-8H2,1-5H3,(H2,16,17,18,19). The number of rotatable bonds is 6. The number of anilines is 2. The second-order valence-electron chi connectivity index (χ2n) is 5.91. The van der Waals surface area contributed by atoms with Crippen LogP contribution >= 0.6 is 0 Å². The number of hydrogen-bond donors (Lipinski definition) is 2. The maximum absolute atomic E-state index is 5.76. The van der Waals surface area contributed by atoms with Crippen LogP contribution in [0.3, 0.4) is 0 Å². The molecule has 1 saturated carbocycles. The van der Waals surface area contributed by atoms with Gasteiger partial charge in [0.15, 0.2) is 0 Å². The van der Waals surface area contributed by atoms with Crippen LogP contribution in [0.4, 0.5) is 11.6 Å². The van der Waals surface area contributed by atoms with E-state index in [-0.39, 0.29) is 5.41 Å². The van der Waals surface area contributed by atoms with Crippen LogP contribution in [0.1, 0.15) is 39.9 Å². The number of ether oxygens (including phenoxy) is 1. The summed E-state index contributed by atoms with van der Waals surface area (Å²) in [6, 6.07) is 2.36. The molecular weight excluding hydrogens is 252 g/mol. The van der Waals surface area contributed by atoms with Crippen molar-refractivity contribution in [1.82, 2.24) is 9.97 Å². The SMILES string of the molecule is CCNc1cc(NC2CC(OCC)C2(C)C)nc(C)n1. The lowest BCUT2D eigenvalue weighted by Crippen LogP contribution is -2.58. The molecule has 1 aliphatic carbocycles. The minimum Gasteiger partial charge on any atom is -0.378 e. The summed E-state index contributed by atoms with van der Waals surface area (Å²) in [6.07, 6.45) is 1.36. The van der Waals surface area contributed by atoms with Crippen molar-refractivity contribution in [3.63, 3.8) is 0 Å². The van der Waals surface area contributed by atoms with Crippen molar-refractivity contribution in [2.75, 3.05) is 23.8 Å². The molecule has 0 bridgehead atoms. The van der Waals surface area contributed by atoms with Gasteiger partial charge in [0, 0.05) is 30.7 Å². The maximum Gasteiger partial charge on any atom is 0.132 e. The van der Waals surface area contributed by atoms with Crippen molar-refractivity contribution >= 4 is 11.6 Å². The van der Waals surface area contributed by atoms with E-state index >= 15 is 0 Å². The van der Waals surface area contributed by atoms with E-state index in [4.69, 9.17) is 4.74 Å². The zero-order valence-electron chi connectivity index (χ0n) is 13.2. The van der Waals surface area contributed by atoms with Gasteiger partial charge in [-0.15, -0.1) is 0 Å². The predicted molar refractivity (Wildman–Crippen MR) is 82.2 cm³/mol. The number of hydrogen-bond acceptors (Lipinski definition) is 5. The molecule has 2 atom stereocenters. The molecular formula is C15H26N4O. The fraction of sp³-hybridized carbons (Fsp3) is 0.733. The highest BCUT2D eigenvalue weighted by atomic mass is 16.5. The smallest absolute Gasteiger partial charge is 0.132 e. The number of nitrogens with one attached hydrogen (secondary N) is 2. The molecule has 2 rings (SSSR count). The van der Waals surface area contributed by atoms with E-state index in [1.165, 1.54) is 0 Å². The molecule has 20 heavy (non-hydrogen) atoms. The first-order chi connectivity index (χ1) is 9.47. The Hall–Kier alpha value is -1.36. The van der Waals surface area contributed by atoms with Crippen LogP contribution in [0.25, 0.3) is 0 Å². The number of aryl methyl sites for hydroxylation is 1. The lowest BCUT2D eigenvalue weighted by Gasteiger charge is -2.51. The van der Waals surface area contributed by atoms with Gasteiger partial charge in [-0.1, -0.05) is 13.8 Å². The summed E-state index contributed by atoms with van der Waals surface area (Å²) < 4.78 is 5.76. The Morgan fingerprint density at radius 2 is 2.00 bits per heavy atom. The summed E-state index contributed by atoms with van der Waals surface area (Å²) in [6.45, 7) is 12.2. The van der Waals surface area contributed by atoms with Crippen LogP contribution in [-0.4, -0.2) is 35.3 Å². The Morgan fingerprint density at radius 3 is 2.60 bits per heavy atom. The van der Waals surface area contributed by atoms with Gasteiger partial charge in [0.25, 0.3) is 0 Å². The Morgan fingerprint density at radius 1 is 1.30 bits per heavy atom. The van der Waals surface area contributed by atoms with Crippen molar-refractivity contribution in [3.05, 3.63) is 11.9 Å². The van der Waals surface area contributed by atoms with E-state index in [0.29, 0.717) is 12.1 Å². The molecule has 112 valence electrons. The average molecular weight is 278 g/mol. The van der Waals surface area contributed by atoms with Crippen molar-refractivity contribution in [2.24, 2.45) is 5.41 Å².